The number of carbonyl (C=O) groups excluding carboxylic acids is 1. The standard InChI is InChI=1S/C12H16O/c13-11-6-10-5-9-3-1-2-4-12(10,7-9)8-11/h6,9H,1-5,7-8H2/t9-,12-/m0/s1. The second-order valence-corrected chi connectivity index (χ2v) is 5.11. The van der Waals surface area contributed by atoms with E-state index in [-0.39, 0.29) is 0 Å². The van der Waals surface area contributed by atoms with Gasteiger partial charge in [0.25, 0.3) is 0 Å². The Balaban J connectivity index is 2.00. The van der Waals surface area contributed by atoms with Crippen molar-refractivity contribution in [2.24, 2.45) is 11.3 Å². The first-order chi connectivity index (χ1) is 6.28. The molecule has 1 heteroatoms. The van der Waals surface area contributed by atoms with E-state index in [2.05, 4.69) is 0 Å². The largest absolute Gasteiger partial charge is 0.295 e. The van der Waals surface area contributed by atoms with Crippen LogP contribution < -0.4 is 0 Å². The van der Waals surface area contributed by atoms with E-state index in [1.807, 2.05) is 6.08 Å². The number of fused-ring (bicyclic) bond motifs is 1. The average molecular weight is 176 g/mol. The second kappa shape index (κ2) is 2.46. The highest BCUT2D eigenvalue weighted by Gasteiger charge is 2.48. The number of carbonyl (C=O) groups is 1. The maximum Gasteiger partial charge on any atom is 0.156 e. The van der Waals surface area contributed by atoms with Gasteiger partial charge in [-0.2, -0.15) is 0 Å². The van der Waals surface area contributed by atoms with Crippen molar-refractivity contribution in [3.05, 3.63) is 11.6 Å². The maximum atomic E-state index is 11.4. The molecule has 2 saturated carbocycles. The molecular formula is C12H16O. The molecular weight excluding hydrogens is 160 g/mol. The molecule has 0 aliphatic heterocycles. The van der Waals surface area contributed by atoms with Gasteiger partial charge in [-0.15, -0.1) is 0 Å². The minimum Gasteiger partial charge on any atom is -0.295 e. The van der Waals surface area contributed by atoms with Gasteiger partial charge in [-0.3, -0.25) is 4.79 Å². The molecule has 0 aromatic carbocycles. The molecule has 1 nitrogen and oxygen atoms in total. The molecule has 2 fully saturated rings. The molecule has 0 amide bonds. The summed E-state index contributed by atoms with van der Waals surface area (Å²) in [7, 11) is 0. The Morgan fingerprint density at radius 1 is 1.38 bits per heavy atom. The van der Waals surface area contributed by atoms with Crippen LogP contribution in [0.3, 0.4) is 0 Å². The zero-order chi connectivity index (χ0) is 8.89. The van der Waals surface area contributed by atoms with E-state index in [1.54, 1.807) is 0 Å². The van der Waals surface area contributed by atoms with E-state index < -0.39 is 0 Å². The van der Waals surface area contributed by atoms with E-state index in [0.29, 0.717) is 11.2 Å². The van der Waals surface area contributed by atoms with Gasteiger partial charge >= 0.3 is 0 Å². The second-order valence-electron chi connectivity index (χ2n) is 5.11. The van der Waals surface area contributed by atoms with E-state index in [0.717, 1.165) is 12.3 Å². The third-order valence-electron chi connectivity index (χ3n) is 4.23. The lowest BCUT2D eigenvalue weighted by Gasteiger charge is -2.24. The minimum absolute atomic E-state index is 0.373. The zero-order valence-corrected chi connectivity index (χ0v) is 8.01. The molecule has 0 aromatic heterocycles. The van der Waals surface area contributed by atoms with Crippen LogP contribution in [0, 0.1) is 11.3 Å². The summed E-state index contributed by atoms with van der Waals surface area (Å²) in [6, 6.07) is 0. The summed E-state index contributed by atoms with van der Waals surface area (Å²) < 4.78 is 0. The summed E-state index contributed by atoms with van der Waals surface area (Å²) in [4.78, 5) is 11.4. The van der Waals surface area contributed by atoms with Gasteiger partial charge in [0, 0.05) is 6.42 Å². The highest BCUT2D eigenvalue weighted by atomic mass is 16.1. The summed E-state index contributed by atoms with van der Waals surface area (Å²) in [5.74, 6) is 1.32. The lowest BCUT2D eigenvalue weighted by molar-refractivity contribution is -0.115. The summed E-state index contributed by atoms with van der Waals surface area (Å²) in [6.07, 6.45) is 10.8. The highest BCUT2D eigenvalue weighted by Crippen LogP contribution is 2.57. The molecule has 3 aliphatic carbocycles. The number of allylic oxidation sites excluding steroid dienone is 2. The van der Waals surface area contributed by atoms with Gasteiger partial charge in [-0.25, -0.2) is 0 Å². The van der Waals surface area contributed by atoms with Crippen LogP contribution >= 0.6 is 0 Å². The summed E-state index contributed by atoms with van der Waals surface area (Å²) in [5.41, 5.74) is 1.89. The Hall–Kier alpha value is -0.590. The Morgan fingerprint density at radius 3 is 3.23 bits per heavy atom. The monoisotopic (exact) mass is 176 g/mol. The normalized spacial score (nSPS) is 42.9. The smallest absolute Gasteiger partial charge is 0.156 e. The minimum atomic E-state index is 0.373. The Bertz CT molecular complexity index is 289. The third kappa shape index (κ3) is 1.02. The lowest BCUT2D eigenvalue weighted by atomic mass is 9.79. The first-order valence-corrected chi connectivity index (χ1v) is 5.52. The van der Waals surface area contributed by atoms with Crippen molar-refractivity contribution in [2.45, 2.75) is 44.9 Å². The van der Waals surface area contributed by atoms with Crippen molar-refractivity contribution in [2.75, 3.05) is 0 Å². The topological polar surface area (TPSA) is 17.1 Å². The van der Waals surface area contributed by atoms with Crippen LogP contribution in [-0.2, 0) is 4.79 Å². The number of ketones is 1. The average Bonchev–Trinajstić information content (AvgIpc) is 2.40. The van der Waals surface area contributed by atoms with Crippen LogP contribution in [0.25, 0.3) is 0 Å². The van der Waals surface area contributed by atoms with E-state index >= 15 is 0 Å². The first-order valence-electron chi connectivity index (χ1n) is 5.52. The van der Waals surface area contributed by atoms with E-state index in [9.17, 15) is 4.79 Å². The molecule has 0 N–H and O–H groups in total. The molecule has 1 spiro atoms. The maximum absolute atomic E-state index is 11.4. The predicted molar refractivity (Wildman–Crippen MR) is 51.3 cm³/mol. The third-order valence-corrected chi connectivity index (χ3v) is 4.23. The number of rotatable bonds is 0. The lowest BCUT2D eigenvalue weighted by Crippen LogP contribution is -2.16. The summed E-state index contributed by atoms with van der Waals surface area (Å²) >= 11 is 0. The fraction of sp³-hybridized carbons (Fsp3) is 0.750. The van der Waals surface area contributed by atoms with Crippen LogP contribution in [-0.4, -0.2) is 5.78 Å². The zero-order valence-electron chi connectivity index (χ0n) is 8.01. The quantitative estimate of drug-likeness (QED) is 0.554. The number of hydrogen-bond donors (Lipinski definition) is 0. The van der Waals surface area contributed by atoms with Crippen LogP contribution in [0.5, 0.6) is 0 Å². The molecule has 70 valence electrons. The molecule has 0 unspecified atom stereocenters. The fourth-order valence-corrected chi connectivity index (χ4v) is 3.71. The summed E-state index contributed by atoms with van der Waals surface area (Å²) in [5, 5.41) is 0. The van der Waals surface area contributed by atoms with Gasteiger partial charge in [0.2, 0.25) is 0 Å². The Morgan fingerprint density at radius 2 is 2.31 bits per heavy atom. The molecule has 3 rings (SSSR count). The molecule has 13 heavy (non-hydrogen) atoms. The fourth-order valence-electron chi connectivity index (χ4n) is 3.71. The van der Waals surface area contributed by atoms with Crippen molar-refractivity contribution in [3.8, 4) is 0 Å². The van der Waals surface area contributed by atoms with Gasteiger partial charge < -0.3 is 0 Å². The molecule has 2 atom stereocenters. The van der Waals surface area contributed by atoms with Crippen LogP contribution in [0.2, 0.25) is 0 Å². The Labute approximate surface area is 79.2 Å². The van der Waals surface area contributed by atoms with E-state index in [1.165, 1.54) is 44.1 Å². The van der Waals surface area contributed by atoms with Gasteiger partial charge in [0.05, 0.1) is 0 Å². The van der Waals surface area contributed by atoms with Crippen molar-refractivity contribution in [3.63, 3.8) is 0 Å². The molecule has 2 bridgehead atoms. The molecule has 0 radical (unpaired) electrons. The molecule has 0 aromatic rings. The van der Waals surface area contributed by atoms with Crippen molar-refractivity contribution >= 4 is 5.78 Å². The Kier molecular flexibility index (Phi) is 1.47. The van der Waals surface area contributed by atoms with E-state index in [4.69, 9.17) is 0 Å². The van der Waals surface area contributed by atoms with Gasteiger partial charge in [0.1, 0.15) is 0 Å². The predicted octanol–water partition coefficient (Wildman–Crippen LogP) is 2.86. The SMILES string of the molecule is O=C1C=C2C[C@@H]3CCCC[C@@]2(C1)C3. The van der Waals surface area contributed by atoms with Gasteiger partial charge in [-0.05, 0) is 36.7 Å². The molecule has 0 heterocycles. The van der Waals surface area contributed by atoms with Crippen LogP contribution in [0.4, 0.5) is 0 Å². The first kappa shape index (κ1) is 7.78. The van der Waals surface area contributed by atoms with Gasteiger partial charge in [0.15, 0.2) is 5.78 Å². The van der Waals surface area contributed by atoms with Crippen LogP contribution in [0.1, 0.15) is 44.9 Å². The molecule has 3 aliphatic rings. The summed E-state index contributed by atoms with van der Waals surface area (Å²) in [6.45, 7) is 0. The van der Waals surface area contributed by atoms with Crippen molar-refractivity contribution in [1.82, 2.24) is 0 Å². The van der Waals surface area contributed by atoms with Crippen molar-refractivity contribution < 1.29 is 4.79 Å². The van der Waals surface area contributed by atoms with Crippen molar-refractivity contribution in [1.29, 1.82) is 0 Å². The highest BCUT2D eigenvalue weighted by molar-refractivity contribution is 5.94. The molecule has 0 saturated heterocycles. The van der Waals surface area contributed by atoms with Crippen LogP contribution in [0.15, 0.2) is 11.6 Å². The number of hydrogen-bond acceptors (Lipinski definition) is 1. The van der Waals surface area contributed by atoms with Gasteiger partial charge in [-0.1, -0.05) is 24.8 Å².